The molecule has 1 atom stereocenters. The Morgan fingerprint density at radius 3 is 2.78 bits per heavy atom. The van der Waals surface area contributed by atoms with Crippen LogP contribution < -0.4 is 15.4 Å². The summed E-state index contributed by atoms with van der Waals surface area (Å²) < 4.78 is 5.98. The smallest absolute Gasteiger partial charge is 0.319 e. The molecule has 1 heterocycles. The van der Waals surface area contributed by atoms with E-state index in [0.29, 0.717) is 17.1 Å². The zero-order chi connectivity index (χ0) is 16.4. The van der Waals surface area contributed by atoms with Crippen molar-refractivity contribution in [2.45, 2.75) is 31.9 Å². The van der Waals surface area contributed by atoms with Gasteiger partial charge in [0.25, 0.3) is 0 Å². The first-order chi connectivity index (χ1) is 10.9. The van der Waals surface area contributed by atoms with Crippen LogP contribution >= 0.6 is 11.6 Å². The van der Waals surface area contributed by atoms with E-state index in [2.05, 4.69) is 10.6 Å². The summed E-state index contributed by atoms with van der Waals surface area (Å²) in [6, 6.07) is 14.5. The minimum absolute atomic E-state index is 0.103. The Hall–Kier alpha value is -2.20. The Labute approximate surface area is 140 Å². The van der Waals surface area contributed by atoms with E-state index in [0.717, 1.165) is 11.3 Å². The van der Waals surface area contributed by atoms with E-state index in [9.17, 15) is 4.79 Å². The van der Waals surface area contributed by atoms with Gasteiger partial charge in [-0.25, -0.2) is 4.79 Å². The maximum atomic E-state index is 12.3. The van der Waals surface area contributed by atoms with Crippen molar-refractivity contribution < 1.29 is 9.53 Å². The standard InChI is InChI=1S/C18H19ClN2O2/c1-18(2)11-15(14-8-3-4-9-16(14)23-18)21-17(22)20-13-7-5-6-12(19)10-13/h3-10,15H,11H2,1-2H3,(H2,20,21,22)/t15-/m0/s1. The van der Waals surface area contributed by atoms with E-state index in [-0.39, 0.29) is 17.7 Å². The van der Waals surface area contributed by atoms with Crippen LogP contribution in [0.3, 0.4) is 0 Å². The van der Waals surface area contributed by atoms with Crippen LogP contribution in [0.25, 0.3) is 0 Å². The van der Waals surface area contributed by atoms with Gasteiger partial charge in [0.2, 0.25) is 0 Å². The van der Waals surface area contributed by atoms with Gasteiger partial charge < -0.3 is 15.4 Å². The van der Waals surface area contributed by atoms with Crippen molar-refractivity contribution >= 4 is 23.3 Å². The van der Waals surface area contributed by atoms with E-state index in [1.54, 1.807) is 24.3 Å². The van der Waals surface area contributed by atoms with Gasteiger partial charge in [-0.05, 0) is 38.1 Å². The largest absolute Gasteiger partial charge is 0.487 e. The minimum atomic E-state index is -0.331. The second kappa shape index (κ2) is 6.13. The van der Waals surface area contributed by atoms with Crippen LogP contribution in [-0.2, 0) is 0 Å². The highest BCUT2D eigenvalue weighted by Crippen LogP contribution is 2.39. The number of anilines is 1. The number of nitrogens with one attached hydrogen (secondary N) is 2. The molecule has 0 radical (unpaired) electrons. The van der Waals surface area contributed by atoms with E-state index in [4.69, 9.17) is 16.3 Å². The van der Waals surface area contributed by atoms with Gasteiger partial charge in [0, 0.05) is 22.7 Å². The molecule has 1 aliphatic rings. The lowest BCUT2D eigenvalue weighted by atomic mass is 9.90. The second-order valence-electron chi connectivity index (χ2n) is 6.27. The number of para-hydroxylation sites is 1. The number of halogens is 1. The van der Waals surface area contributed by atoms with E-state index in [1.807, 2.05) is 38.1 Å². The third-order valence-electron chi connectivity index (χ3n) is 3.76. The van der Waals surface area contributed by atoms with Gasteiger partial charge in [-0.1, -0.05) is 35.9 Å². The molecular formula is C18H19ClN2O2. The van der Waals surface area contributed by atoms with Crippen LogP contribution in [0.4, 0.5) is 10.5 Å². The fraction of sp³-hybridized carbons (Fsp3) is 0.278. The van der Waals surface area contributed by atoms with Crippen LogP contribution in [0, 0.1) is 0 Å². The highest BCUT2D eigenvalue weighted by atomic mass is 35.5. The molecule has 3 rings (SSSR count). The zero-order valence-corrected chi connectivity index (χ0v) is 13.9. The molecule has 0 fully saturated rings. The summed E-state index contributed by atoms with van der Waals surface area (Å²) >= 11 is 5.94. The first-order valence-corrected chi connectivity index (χ1v) is 7.92. The summed E-state index contributed by atoms with van der Waals surface area (Å²) in [5, 5.41) is 6.42. The van der Waals surface area contributed by atoms with E-state index >= 15 is 0 Å². The average Bonchev–Trinajstić information content (AvgIpc) is 2.46. The van der Waals surface area contributed by atoms with Crippen molar-refractivity contribution in [3.05, 3.63) is 59.1 Å². The molecule has 120 valence electrons. The quantitative estimate of drug-likeness (QED) is 0.833. The molecule has 5 heteroatoms. The lowest BCUT2D eigenvalue weighted by molar-refractivity contribution is 0.0683. The maximum Gasteiger partial charge on any atom is 0.319 e. The van der Waals surface area contributed by atoms with Crippen LogP contribution in [0.15, 0.2) is 48.5 Å². The van der Waals surface area contributed by atoms with Crippen LogP contribution in [0.2, 0.25) is 5.02 Å². The number of carbonyl (C=O) groups is 1. The molecule has 0 bridgehead atoms. The molecule has 0 unspecified atom stereocenters. The third-order valence-corrected chi connectivity index (χ3v) is 4.00. The predicted molar refractivity (Wildman–Crippen MR) is 92.1 cm³/mol. The first kappa shape index (κ1) is 15.7. The molecule has 0 spiro atoms. The normalized spacial score (nSPS) is 18.5. The summed E-state index contributed by atoms with van der Waals surface area (Å²) in [4.78, 5) is 12.3. The van der Waals surface area contributed by atoms with Crippen LogP contribution in [0.1, 0.15) is 31.9 Å². The Kier molecular flexibility index (Phi) is 4.18. The molecule has 4 nitrogen and oxygen atoms in total. The molecule has 2 N–H and O–H groups in total. The fourth-order valence-electron chi connectivity index (χ4n) is 2.82. The van der Waals surface area contributed by atoms with Crippen LogP contribution in [-0.4, -0.2) is 11.6 Å². The molecule has 2 aromatic carbocycles. The van der Waals surface area contributed by atoms with Crippen LogP contribution in [0.5, 0.6) is 5.75 Å². The molecule has 2 aromatic rings. The number of rotatable bonds is 2. The van der Waals surface area contributed by atoms with Crippen molar-refractivity contribution in [3.8, 4) is 5.75 Å². The third kappa shape index (κ3) is 3.77. The molecule has 0 saturated heterocycles. The number of ether oxygens (including phenoxy) is 1. The number of urea groups is 1. The highest BCUT2D eigenvalue weighted by molar-refractivity contribution is 6.30. The first-order valence-electron chi connectivity index (χ1n) is 7.54. The number of hydrogen-bond acceptors (Lipinski definition) is 2. The molecule has 0 aliphatic carbocycles. The molecular weight excluding hydrogens is 312 g/mol. The zero-order valence-electron chi connectivity index (χ0n) is 13.1. The van der Waals surface area contributed by atoms with Crippen molar-refractivity contribution in [2.75, 3.05) is 5.32 Å². The number of hydrogen-bond donors (Lipinski definition) is 2. The summed E-state index contributed by atoms with van der Waals surface area (Å²) in [6.45, 7) is 4.04. The van der Waals surface area contributed by atoms with Crippen molar-refractivity contribution in [3.63, 3.8) is 0 Å². The second-order valence-corrected chi connectivity index (χ2v) is 6.70. The lowest BCUT2D eigenvalue weighted by Crippen LogP contribution is -2.42. The topological polar surface area (TPSA) is 50.4 Å². The van der Waals surface area contributed by atoms with Gasteiger partial charge in [-0.3, -0.25) is 0 Å². The number of benzene rings is 2. The van der Waals surface area contributed by atoms with Crippen molar-refractivity contribution in [1.82, 2.24) is 5.32 Å². The maximum absolute atomic E-state index is 12.3. The van der Waals surface area contributed by atoms with E-state index < -0.39 is 0 Å². The number of carbonyl (C=O) groups excluding carboxylic acids is 1. The summed E-state index contributed by atoms with van der Waals surface area (Å²) in [6.07, 6.45) is 0.701. The number of amides is 2. The van der Waals surface area contributed by atoms with Gasteiger partial charge in [0.05, 0.1) is 6.04 Å². The monoisotopic (exact) mass is 330 g/mol. The predicted octanol–water partition coefficient (Wildman–Crippen LogP) is 4.76. The van der Waals surface area contributed by atoms with Gasteiger partial charge >= 0.3 is 6.03 Å². The Balaban J connectivity index is 1.75. The number of fused-ring (bicyclic) bond motifs is 1. The lowest BCUT2D eigenvalue weighted by Gasteiger charge is -2.37. The minimum Gasteiger partial charge on any atom is -0.487 e. The SMILES string of the molecule is CC1(C)C[C@H](NC(=O)Nc2cccc(Cl)c2)c2ccccc2O1. The molecule has 1 aliphatic heterocycles. The Bertz CT molecular complexity index is 730. The van der Waals surface area contributed by atoms with Gasteiger partial charge in [0.15, 0.2) is 0 Å². The molecule has 2 amide bonds. The van der Waals surface area contributed by atoms with Crippen molar-refractivity contribution in [1.29, 1.82) is 0 Å². The summed E-state index contributed by atoms with van der Waals surface area (Å²) in [5.41, 5.74) is 1.32. The summed E-state index contributed by atoms with van der Waals surface area (Å²) in [7, 11) is 0. The van der Waals surface area contributed by atoms with Gasteiger partial charge in [-0.2, -0.15) is 0 Å². The molecule has 23 heavy (non-hydrogen) atoms. The summed E-state index contributed by atoms with van der Waals surface area (Å²) in [5.74, 6) is 0.816. The fourth-order valence-corrected chi connectivity index (χ4v) is 3.01. The van der Waals surface area contributed by atoms with Gasteiger partial charge in [-0.15, -0.1) is 0 Å². The highest BCUT2D eigenvalue weighted by Gasteiger charge is 2.34. The average molecular weight is 331 g/mol. The van der Waals surface area contributed by atoms with E-state index in [1.165, 1.54) is 0 Å². The van der Waals surface area contributed by atoms with Crippen molar-refractivity contribution in [2.24, 2.45) is 0 Å². The van der Waals surface area contributed by atoms with Gasteiger partial charge in [0.1, 0.15) is 11.4 Å². The molecule has 0 saturated carbocycles. The Morgan fingerprint density at radius 1 is 1.22 bits per heavy atom. The molecule has 0 aromatic heterocycles. The Morgan fingerprint density at radius 2 is 2.00 bits per heavy atom.